The third-order valence-electron chi connectivity index (χ3n) is 9.07. The number of hydrogen-bond acceptors (Lipinski definition) is 9. The van der Waals surface area contributed by atoms with Gasteiger partial charge in [0.15, 0.2) is 6.10 Å². The molecule has 0 saturated carbocycles. The molecular formula is C42H76NO9P. The summed E-state index contributed by atoms with van der Waals surface area (Å²) in [5.74, 6) is -0.909. The van der Waals surface area contributed by atoms with E-state index in [1.807, 2.05) is 27.2 Å². The molecule has 3 unspecified atom stereocenters. The van der Waals surface area contributed by atoms with E-state index in [0.717, 1.165) is 44.9 Å². The molecule has 11 heteroatoms. The molecule has 53 heavy (non-hydrogen) atoms. The molecule has 1 saturated heterocycles. The summed E-state index contributed by atoms with van der Waals surface area (Å²) in [4.78, 5) is 37.4. The summed E-state index contributed by atoms with van der Waals surface area (Å²) in [5.41, 5.74) is 0. The van der Waals surface area contributed by atoms with Crippen molar-refractivity contribution in [2.75, 3.05) is 47.5 Å². The fraction of sp³-hybridized carbons (Fsp3) is 0.810. The van der Waals surface area contributed by atoms with Crippen molar-refractivity contribution in [3.8, 4) is 0 Å². The molecule has 0 aromatic heterocycles. The Labute approximate surface area is 323 Å². The summed E-state index contributed by atoms with van der Waals surface area (Å²) in [6, 6.07) is 0. The summed E-state index contributed by atoms with van der Waals surface area (Å²) in [6.45, 7) is 4.10. The van der Waals surface area contributed by atoms with Crippen molar-refractivity contribution in [1.29, 1.82) is 0 Å². The summed E-state index contributed by atoms with van der Waals surface area (Å²) in [5, 5.41) is 0. The highest BCUT2D eigenvalue weighted by molar-refractivity contribution is 7.45. The highest BCUT2D eigenvalue weighted by atomic mass is 31.2. The lowest BCUT2D eigenvalue weighted by Gasteiger charge is -2.28. The summed E-state index contributed by atoms with van der Waals surface area (Å²) in [6.07, 6.45) is 34.9. The third-order valence-corrected chi connectivity index (χ3v) is 10.0. The largest absolute Gasteiger partial charge is 0.756 e. The van der Waals surface area contributed by atoms with Gasteiger partial charge in [0.1, 0.15) is 19.8 Å². The van der Waals surface area contributed by atoms with Gasteiger partial charge < -0.3 is 32.6 Å². The maximum Gasteiger partial charge on any atom is 0.306 e. The topological polar surface area (TPSA) is 124 Å². The second-order valence-electron chi connectivity index (χ2n) is 15.4. The third kappa shape index (κ3) is 32.2. The van der Waals surface area contributed by atoms with Crippen molar-refractivity contribution in [3.63, 3.8) is 0 Å². The quantitative estimate of drug-likeness (QED) is 0.0153. The van der Waals surface area contributed by atoms with E-state index in [-0.39, 0.29) is 38.3 Å². The number of esters is 2. The van der Waals surface area contributed by atoms with E-state index in [4.69, 9.17) is 23.3 Å². The number of ether oxygens (including phenoxy) is 3. The number of rotatable bonds is 36. The van der Waals surface area contributed by atoms with E-state index in [9.17, 15) is 19.0 Å². The molecule has 0 radical (unpaired) electrons. The number of phosphoric ester groups is 1. The average Bonchev–Trinajstić information content (AvgIpc) is 3.86. The van der Waals surface area contributed by atoms with E-state index in [2.05, 4.69) is 44.2 Å². The lowest BCUT2D eigenvalue weighted by atomic mass is 10.1. The predicted octanol–water partition coefficient (Wildman–Crippen LogP) is 9.71. The fourth-order valence-corrected chi connectivity index (χ4v) is 6.36. The number of epoxide rings is 1. The Bertz CT molecular complexity index is 1070. The van der Waals surface area contributed by atoms with Crippen molar-refractivity contribution < 1.29 is 46.8 Å². The second kappa shape index (κ2) is 31.4. The minimum atomic E-state index is -4.64. The normalized spacial score (nSPS) is 17.8. The van der Waals surface area contributed by atoms with Crippen molar-refractivity contribution in [2.24, 2.45) is 0 Å². The fourth-order valence-electron chi connectivity index (χ4n) is 5.63. The van der Waals surface area contributed by atoms with Crippen LogP contribution in [0.15, 0.2) is 36.5 Å². The average molecular weight is 770 g/mol. The number of quaternary nitrogens is 1. The molecule has 308 valence electrons. The molecule has 1 rings (SSSR count). The number of likely N-dealkylation sites (N-methyl/N-ethyl adjacent to an activating group) is 1. The molecule has 0 aromatic carbocycles. The minimum absolute atomic E-state index is 0.0438. The number of hydrogen-bond donors (Lipinski definition) is 0. The van der Waals surface area contributed by atoms with Crippen LogP contribution >= 0.6 is 7.82 Å². The predicted molar refractivity (Wildman–Crippen MR) is 212 cm³/mol. The van der Waals surface area contributed by atoms with Crippen molar-refractivity contribution >= 4 is 19.8 Å². The minimum Gasteiger partial charge on any atom is -0.756 e. The van der Waals surface area contributed by atoms with Crippen molar-refractivity contribution in [1.82, 2.24) is 0 Å². The number of unbranched alkanes of at least 4 members (excludes halogenated alkanes) is 14. The SMILES string of the molecule is CCCCC/C=C\C/C=C\CC1OC1C/C=C\CCCC(=O)O[C@H](COC(=O)CCCCCCCCCCCCC)COP(=O)([O-])OCC[N+](C)(C)C. The Morgan fingerprint density at radius 2 is 1.21 bits per heavy atom. The van der Waals surface area contributed by atoms with Crippen molar-refractivity contribution in [2.45, 2.75) is 173 Å². The molecule has 1 fully saturated rings. The Balaban J connectivity index is 2.36. The Morgan fingerprint density at radius 1 is 0.679 bits per heavy atom. The van der Waals surface area contributed by atoms with Gasteiger partial charge in [-0.25, -0.2) is 0 Å². The molecule has 0 bridgehead atoms. The number of phosphoric acid groups is 1. The van der Waals surface area contributed by atoms with Crippen LogP contribution in [0.5, 0.6) is 0 Å². The molecular weight excluding hydrogens is 693 g/mol. The van der Waals surface area contributed by atoms with Crippen LogP contribution < -0.4 is 4.89 Å². The van der Waals surface area contributed by atoms with Gasteiger partial charge in [-0.05, 0) is 51.4 Å². The molecule has 0 N–H and O–H groups in total. The molecule has 0 amide bonds. The van der Waals surface area contributed by atoms with Crippen LogP contribution in [0, 0.1) is 0 Å². The van der Waals surface area contributed by atoms with Crippen LogP contribution in [0.3, 0.4) is 0 Å². The molecule has 4 atom stereocenters. The lowest BCUT2D eigenvalue weighted by Crippen LogP contribution is -2.37. The zero-order valence-corrected chi connectivity index (χ0v) is 35.0. The van der Waals surface area contributed by atoms with Gasteiger partial charge in [-0.2, -0.15) is 0 Å². The number of nitrogens with zero attached hydrogens (tertiary/aromatic N) is 1. The highest BCUT2D eigenvalue weighted by Crippen LogP contribution is 2.38. The zero-order chi connectivity index (χ0) is 39.0. The summed E-state index contributed by atoms with van der Waals surface area (Å²) >= 11 is 0. The van der Waals surface area contributed by atoms with Crippen LogP contribution in [-0.2, 0) is 37.4 Å². The van der Waals surface area contributed by atoms with E-state index < -0.39 is 32.5 Å². The maximum atomic E-state index is 12.7. The first-order valence-corrected chi connectivity index (χ1v) is 22.3. The second-order valence-corrected chi connectivity index (χ2v) is 16.8. The molecule has 1 aliphatic heterocycles. The molecule has 0 aliphatic carbocycles. The smallest absolute Gasteiger partial charge is 0.306 e. The van der Waals surface area contributed by atoms with Gasteiger partial charge in [0, 0.05) is 12.8 Å². The number of carbonyl (C=O) groups is 2. The van der Waals surface area contributed by atoms with Gasteiger partial charge in [-0.3, -0.25) is 14.2 Å². The Morgan fingerprint density at radius 3 is 1.85 bits per heavy atom. The van der Waals surface area contributed by atoms with Crippen LogP contribution in [-0.4, -0.2) is 82.2 Å². The van der Waals surface area contributed by atoms with Gasteiger partial charge in [-0.1, -0.05) is 127 Å². The summed E-state index contributed by atoms with van der Waals surface area (Å²) in [7, 11) is 1.12. The van der Waals surface area contributed by atoms with E-state index in [1.54, 1.807) is 0 Å². The zero-order valence-electron chi connectivity index (χ0n) is 34.1. The van der Waals surface area contributed by atoms with Gasteiger partial charge in [-0.15, -0.1) is 0 Å². The van der Waals surface area contributed by atoms with Crippen molar-refractivity contribution in [3.05, 3.63) is 36.5 Å². The molecule has 1 aliphatic rings. The Kier molecular flexibility index (Phi) is 29.2. The maximum absolute atomic E-state index is 12.7. The van der Waals surface area contributed by atoms with E-state index in [1.165, 1.54) is 70.6 Å². The van der Waals surface area contributed by atoms with E-state index in [0.29, 0.717) is 23.9 Å². The highest BCUT2D eigenvalue weighted by Gasteiger charge is 2.36. The van der Waals surface area contributed by atoms with E-state index >= 15 is 0 Å². The van der Waals surface area contributed by atoms with Gasteiger partial charge >= 0.3 is 11.9 Å². The first-order valence-electron chi connectivity index (χ1n) is 20.8. The molecule has 0 aromatic rings. The summed E-state index contributed by atoms with van der Waals surface area (Å²) < 4.78 is 39.5. The number of carbonyl (C=O) groups excluding carboxylic acids is 2. The molecule has 0 spiro atoms. The van der Waals surface area contributed by atoms with Crippen LogP contribution in [0.2, 0.25) is 0 Å². The van der Waals surface area contributed by atoms with Crippen LogP contribution in [0.4, 0.5) is 0 Å². The van der Waals surface area contributed by atoms with Crippen LogP contribution in [0.1, 0.15) is 155 Å². The Hall–Kier alpha value is -1.81. The van der Waals surface area contributed by atoms with Gasteiger partial charge in [0.25, 0.3) is 7.82 Å². The standard InChI is InChI=1S/C42H76NO9P/c1-6-8-10-12-14-16-17-19-21-23-28-32-41(44)48-36-38(37-50-53(46,47)49-35-34-43(3,4)5)51-42(45)33-29-25-24-27-31-40-39(52-40)30-26-22-20-18-15-13-11-9-7-2/h15,18,22,24,26-27,38-40H,6-14,16-17,19-21,23,25,28-37H2,1-5H3/b18-15-,26-22-,27-24-/t38-,39?,40?/m1/s1. The van der Waals surface area contributed by atoms with Crippen LogP contribution in [0.25, 0.3) is 0 Å². The first-order chi connectivity index (χ1) is 25.5. The van der Waals surface area contributed by atoms with Gasteiger partial charge in [0.05, 0.1) is 40.0 Å². The lowest BCUT2D eigenvalue weighted by molar-refractivity contribution is -0.870. The first kappa shape index (κ1) is 49.2. The monoisotopic (exact) mass is 770 g/mol. The number of allylic oxidation sites excluding steroid dienone is 4. The molecule has 10 nitrogen and oxygen atoms in total. The molecule has 1 heterocycles. The van der Waals surface area contributed by atoms with Gasteiger partial charge in [0.2, 0.25) is 0 Å².